The highest BCUT2D eigenvalue weighted by Crippen LogP contribution is 2.31. The maximum absolute atomic E-state index is 13.3. The second kappa shape index (κ2) is 8.94. The number of aryl methyl sites for hydroxylation is 1. The predicted molar refractivity (Wildman–Crippen MR) is 124 cm³/mol. The molecular weight excluding hydrogens is 406 g/mol. The number of aromatic nitrogens is 2. The van der Waals surface area contributed by atoms with Gasteiger partial charge in [0.05, 0.1) is 0 Å². The molecule has 4 aromatic rings. The fourth-order valence-electron chi connectivity index (χ4n) is 3.62. The second-order valence-electron chi connectivity index (χ2n) is 8.17. The molecule has 0 aliphatic rings. The number of carbonyl (C=O) groups excluding carboxylic acids is 1. The van der Waals surface area contributed by atoms with Gasteiger partial charge in [-0.3, -0.25) is 4.79 Å². The van der Waals surface area contributed by atoms with Crippen LogP contribution in [0.15, 0.2) is 76.6 Å². The number of hydrogen-bond acceptors (Lipinski definition) is 5. The van der Waals surface area contributed by atoms with Crippen molar-refractivity contribution in [2.45, 2.75) is 43.6 Å². The molecule has 4 rings (SSSR count). The molecule has 2 aromatic carbocycles. The zero-order chi connectivity index (χ0) is 21.8. The van der Waals surface area contributed by atoms with E-state index in [1.807, 2.05) is 50.2 Å². The number of furan rings is 1. The van der Waals surface area contributed by atoms with Crippen LogP contribution in [0.4, 0.5) is 0 Å². The van der Waals surface area contributed by atoms with Crippen LogP contribution in [0.25, 0.3) is 11.0 Å². The van der Waals surface area contributed by atoms with Crippen LogP contribution in [0.5, 0.6) is 0 Å². The van der Waals surface area contributed by atoms with Crippen LogP contribution in [0, 0.1) is 6.92 Å². The second-order valence-corrected chi connectivity index (χ2v) is 9.11. The number of nitrogens with one attached hydrogen (secondary N) is 1. The van der Waals surface area contributed by atoms with Crippen LogP contribution >= 0.6 is 11.8 Å². The Balaban J connectivity index is 1.59. The molecule has 0 spiro atoms. The van der Waals surface area contributed by atoms with Crippen molar-refractivity contribution in [2.75, 3.05) is 0 Å². The molecule has 0 aliphatic carbocycles. The number of thioether (sulfide) groups is 1. The van der Waals surface area contributed by atoms with Crippen molar-refractivity contribution in [3.63, 3.8) is 0 Å². The van der Waals surface area contributed by atoms with E-state index in [4.69, 9.17) is 4.42 Å². The van der Waals surface area contributed by atoms with Crippen LogP contribution in [-0.4, -0.2) is 21.4 Å². The predicted octanol–water partition coefficient (Wildman–Crippen LogP) is 5.57. The van der Waals surface area contributed by atoms with Gasteiger partial charge < -0.3 is 9.73 Å². The van der Waals surface area contributed by atoms with Gasteiger partial charge >= 0.3 is 0 Å². The first-order valence-electron chi connectivity index (χ1n) is 10.2. The van der Waals surface area contributed by atoms with Crippen molar-refractivity contribution >= 4 is 28.6 Å². The van der Waals surface area contributed by atoms with E-state index < -0.39 is 5.54 Å². The van der Waals surface area contributed by atoms with Gasteiger partial charge in [-0.25, -0.2) is 9.97 Å². The number of hydrogen-bond donors (Lipinski definition) is 1. The molecule has 2 aromatic heterocycles. The zero-order valence-electron chi connectivity index (χ0n) is 17.9. The topological polar surface area (TPSA) is 68.0 Å². The maximum Gasteiger partial charge on any atom is 0.287 e. The monoisotopic (exact) mass is 431 g/mol. The molecule has 31 heavy (non-hydrogen) atoms. The molecule has 0 unspecified atom stereocenters. The molecule has 1 N–H and O–H groups in total. The molecule has 0 bridgehead atoms. The molecule has 0 fully saturated rings. The lowest BCUT2D eigenvalue weighted by molar-refractivity contribution is 0.0885. The average molecular weight is 432 g/mol. The molecule has 0 aliphatic heterocycles. The summed E-state index contributed by atoms with van der Waals surface area (Å²) in [6, 6.07) is 17.8. The minimum atomic E-state index is -0.435. The number of carbonyl (C=O) groups is 1. The van der Waals surface area contributed by atoms with Crippen LogP contribution in [0.3, 0.4) is 0 Å². The lowest BCUT2D eigenvalue weighted by atomic mass is 9.92. The molecule has 158 valence electrons. The number of amides is 1. The Hall–Kier alpha value is -3.12. The maximum atomic E-state index is 13.3. The van der Waals surface area contributed by atoms with Gasteiger partial charge in [-0.05, 0) is 50.5 Å². The largest absolute Gasteiger partial charge is 0.451 e. The van der Waals surface area contributed by atoms with Crippen LogP contribution in [-0.2, 0) is 12.2 Å². The van der Waals surface area contributed by atoms with Crippen molar-refractivity contribution < 1.29 is 9.21 Å². The van der Waals surface area contributed by atoms with E-state index in [-0.39, 0.29) is 5.91 Å². The van der Waals surface area contributed by atoms with Crippen molar-refractivity contribution in [3.8, 4) is 0 Å². The molecular formula is C25H25N3O2S. The first kappa shape index (κ1) is 21.1. The molecule has 0 atom stereocenters. The van der Waals surface area contributed by atoms with Gasteiger partial charge in [0.25, 0.3) is 5.91 Å². The van der Waals surface area contributed by atoms with Gasteiger partial charge in [-0.1, -0.05) is 54.2 Å². The summed E-state index contributed by atoms with van der Waals surface area (Å²) in [6.07, 6.45) is 4.16. The summed E-state index contributed by atoms with van der Waals surface area (Å²) < 4.78 is 6.00. The average Bonchev–Trinajstić information content (AvgIpc) is 3.13. The van der Waals surface area contributed by atoms with Crippen molar-refractivity contribution in [3.05, 3.63) is 89.4 Å². The molecule has 1 amide bonds. The lowest BCUT2D eigenvalue weighted by Crippen LogP contribution is -2.45. The summed E-state index contributed by atoms with van der Waals surface area (Å²) in [4.78, 5) is 21.8. The summed E-state index contributed by atoms with van der Waals surface area (Å²) >= 11 is 1.48. The minimum absolute atomic E-state index is 0.209. The third-order valence-electron chi connectivity index (χ3n) is 5.14. The van der Waals surface area contributed by atoms with Gasteiger partial charge in [0.15, 0.2) is 10.9 Å². The Morgan fingerprint density at radius 1 is 1.03 bits per heavy atom. The number of para-hydroxylation sites is 1. The standard InChI is InChI=1S/C25H25N3O2S/c1-17-9-4-5-10-18(17)15-25(2,3)28-23(29)22-20(16-31-24-26-13-8-14-27-24)19-11-6-7-12-21(19)30-22/h4-14H,15-16H2,1-3H3,(H,28,29). The highest BCUT2D eigenvalue weighted by Gasteiger charge is 2.27. The third kappa shape index (κ3) is 4.97. The molecule has 0 saturated carbocycles. The number of fused-ring (bicyclic) bond motifs is 1. The third-order valence-corrected chi connectivity index (χ3v) is 6.04. The molecule has 2 heterocycles. The fraction of sp³-hybridized carbons (Fsp3) is 0.240. The van der Waals surface area contributed by atoms with E-state index in [1.54, 1.807) is 18.5 Å². The van der Waals surface area contributed by atoms with Crippen LogP contribution in [0.2, 0.25) is 0 Å². The van der Waals surface area contributed by atoms with E-state index >= 15 is 0 Å². The van der Waals surface area contributed by atoms with Gasteiger partial charge in [0.2, 0.25) is 0 Å². The van der Waals surface area contributed by atoms with Crippen molar-refractivity contribution in [2.24, 2.45) is 0 Å². The normalized spacial score (nSPS) is 11.6. The first-order chi connectivity index (χ1) is 14.9. The Morgan fingerprint density at radius 3 is 2.52 bits per heavy atom. The Morgan fingerprint density at radius 2 is 1.74 bits per heavy atom. The number of rotatable bonds is 7. The highest BCUT2D eigenvalue weighted by molar-refractivity contribution is 7.98. The highest BCUT2D eigenvalue weighted by atomic mass is 32.2. The number of benzene rings is 2. The Bertz CT molecular complexity index is 1200. The van der Waals surface area contributed by atoms with Gasteiger partial charge in [-0.2, -0.15) is 0 Å². The minimum Gasteiger partial charge on any atom is -0.451 e. The summed E-state index contributed by atoms with van der Waals surface area (Å²) in [6.45, 7) is 6.16. The first-order valence-corrected chi connectivity index (χ1v) is 11.2. The molecule has 5 nitrogen and oxygen atoms in total. The smallest absolute Gasteiger partial charge is 0.287 e. The van der Waals surface area contributed by atoms with Crippen LogP contribution in [0.1, 0.15) is 41.1 Å². The van der Waals surface area contributed by atoms with Crippen molar-refractivity contribution in [1.29, 1.82) is 0 Å². The van der Waals surface area contributed by atoms with Gasteiger partial charge in [0, 0.05) is 34.6 Å². The summed E-state index contributed by atoms with van der Waals surface area (Å²) in [7, 11) is 0. The van der Waals surface area contributed by atoms with Gasteiger partial charge in [0.1, 0.15) is 5.58 Å². The van der Waals surface area contributed by atoms with Crippen LogP contribution < -0.4 is 5.32 Å². The molecule has 0 radical (unpaired) electrons. The summed E-state index contributed by atoms with van der Waals surface area (Å²) in [5.41, 5.74) is 3.56. The van der Waals surface area contributed by atoms with Gasteiger partial charge in [-0.15, -0.1) is 0 Å². The van der Waals surface area contributed by atoms with E-state index in [1.165, 1.54) is 22.9 Å². The quantitative estimate of drug-likeness (QED) is 0.306. The lowest BCUT2D eigenvalue weighted by Gasteiger charge is -2.27. The Kier molecular flexibility index (Phi) is 6.09. The Labute approximate surface area is 186 Å². The SMILES string of the molecule is Cc1ccccc1CC(C)(C)NC(=O)c1oc2ccccc2c1CSc1ncccn1. The summed E-state index contributed by atoms with van der Waals surface area (Å²) in [5, 5.41) is 4.78. The molecule has 0 saturated heterocycles. The van der Waals surface area contributed by atoms with E-state index in [0.717, 1.165) is 17.4 Å². The fourth-order valence-corrected chi connectivity index (χ4v) is 4.45. The van der Waals surface area contributed by atoms with E-state index in [9.17, 15) is 4.79 Å². The summed E-state index contributed by atoms with van der Waals surface area (Å²) in [5.74, 6) is 0.684. The number of nitrogens with zero attached hydrogens (tertiary/aromatic N) is 2. The zero-order valence-corrected chi connectivity index (χ0v) is 18.7. The van der Waals surface area contributed by atoms with E-state index in [0.29, 0.717) is 22.3 Å². The van der Waals surface area contributed by atoms with E-state index in [2.05, 4.69) is 34.3 Å². The molecule has 6 heteroatoms. The van der Waals surface area contributed by atoms with Crippen molar-refractivity contribution in [1.82, 2.24) is 15.3 Å².